The van der Waals surface area contributed by atoms with Crippen LogP contribution in [0, 0.1) is 0 Å². The molecule has 1 saturated heterocycles. The molecule has 1 amide bonds. The van der Waals surface area contributed by atoms with Crippen LogP contribution in [0.4, 0.5) is 0 Å². The van der Waals surface area contributed by atoms with Crippen LogP contribution in [0.2, 0.25) is 0 Å². The molecule has 1 aromatic heterocycles. The summed E-state index contributed by atoms with van der Waals surface area (Å²) in [6.45, 7) is 3.33. The van der Waals surface area contributed by atoms with Crippen molar-refractivity contribution in [3.63, 3.8) is 0 Å². The number of thioether (sulfide) groups is 1. The summed E-state index contributed by atoms with van der Waals surface area (Å²) in [7, 11) is -1.97. The van der Waals surface area contributed by atoms with Gasteiger partial charge in [0, 0.05) is 51.3 Å². The van der Waals surface area contributed by atoms with E-state index < -0.39 is 10.0 Å². The van der Waals surface area contributed by atoms with E-state index in [2.05, 4.69) is 10.6 Å². The minimum absolute atomic E-state index is 0.115. The van der Waals surface area contributed by atoms with Gasteiger partial charge in [-0.05, 0) is 11.4 Å². The summed E-state index contributed by atoms with van der Waals surface area (Å²) in [5.74, 6) is 1.24. The minimum atomic E-state index is -3.60. The van der Waals surface area contributed by atoms with E-state index in [9.17, 15) is 13.2 Å². The van der Waals surface area contributed by atoms with Crippen molar-refractivity contribution in [2.24, 2.45) is 0 Å². The lowest BCUT2D eigenvalue weighted by Gasteiger charge is -2.25. The molecule has 0 unspecified atom stereocenters. The van der Waals surface area contributed by atoms with Crippen LogP contribution < -0.4 is 10.6 Å². The molecule has 0 aliphatic carbocycles. The molecule has 0 radical (unpaired) electrons. The summed E-state index contributed by atoms with van der Waals surface area (Å²) in [6, 6.07) is 1.52. The fourth-order valence-electron chi connectivity index (χ4n) is 2.24. The molecule has 0 atom stereocenters. The Labute approximate surface area is 151 Å². The van der Waals surface area contributed by atoms with Crippen LogP contribution in [0.5, 0.6) is 0 Å². The SMILES string of the molecule is COCCNCCNC(=O)c1sccc1S(=O)(=O)N1CCSCC1. The van der Waals surface area contributed by atoms with Crippen molar-refractivity contribution in [1.82, 2.24) is 14.9 Å². The van der Waals surface area contributed by atoms with Crippen molar-refractivity contribution in [1.29, 1.82) is 0 Å². The summed E-state index contributed by atoms with van der Waals surface area (Å²) < 4.78 is 31.9. The number of nitrogens with zero attached hydrogens (tertiary/aromatic N) is 1. The van der Waals surface area contributed by atoms with Crippen LogP contribution in [-0.2, 0) is 14.8 Å². The Morgan fingerprint density at radius 2 is 2.04 bits per heavy atom. The molecule has 1 fully saturated rings. The molecule has 0 bridgehead atoms. The molecule has 2 N–H and O–H groups in total. The van der Waals surface area contributed by atoms with E-state index in [1.807, 2.05) is 0 Å². The Kier molecular flexibility index (Phi) is 7.98. The molecular weight excluding hydrogens is 370 g/mol. The number of methoxy groups -OCH3 is 1. The Balaban J connectivity index is 1.95. The number of thiophene rings is 1. The highest BCUT2D eigenvalue weighted by Crippen LogP contribution is 2.26. The van der Waals surface area contributed by atoms with E-state index in [0.717, 1.165) is 22.8 Å². The lowest BCUT2D eigenvalue weighted by molar-refractivity contribution is 0.0954. The lowest BCUT2D eigenvalue weighted by Crippen LogP contribution is -2.39. The average Bonchev–Trinajstić information content (AvgIpc) is 3.09. The van der Waals surface area contributed by atoms with Gasteiger partial charge in [0.1, 0.15) is 9.77 Å². The highest BCUT2D eigenvalue weighted by atomic mass is 32.2. The molecule has 0 aromatic carbocycles. The van der Waals surface area contributed by atoms with Gasteiger partial charge in [-0.3, -0.25) is 4.79 Å². The average molecular weight is 394 g/mol. The van der Waals surface area contributed by atoms with E-state index in [1.165, 1.54) is 10.4 Å². The van der Waals surface area contributed by atoms with Crippen LogP contribution >= 0.6 is 23.1 Å². The number of nitrogens with one attached hydrogen (secondary N) is 2. The van der Waals surface area contributed by atoms with E-state index in [0.29, 0.717) is 39.3 Å². The number of carbonyl (C=O) groups excluding carboxylic acids is 1. The number of ether oxygens (including phenoxy) is 1. The standard InChI is InChI=1S/C14H23N3O4S3/c1-21-8-5-15-3-4-16-14(18)13-12(2-9-23-13)24(19,20)17-6-10-22-11-7-17/h2,9,15H,3-8,10-11H2,1H3,(H,16,18). The quantitative estimate of drug-likeness (QED) is 0.593. The second kappa shape index (κ2) is 9.73. The molecule has 136 valence electrons. The summed E-state index contributed by atoms with van der Waals surface area (Å²) in [5, 5.41) is 7.53. The van der Waals surface area contributed by atoms with Gasteiger partial charge in [-0.2, -0.15) is 16.1 Å². The zero-order chi connectivity index (χ0) is 17.4. The maximum absolute atomic E-state index is 12.7. The number of sulfonamides is 1. The molecule has 1 aliphatic rings. The number of hydrogen-bond donors (Lipinski definition) is 2. The first-order valence-corrected chi connectivity index (χ1v) is 11.2. The van der Waals surface area contributed by atoms with Crippen molar-refractivity contribution in [3.8, 4) is 0 Å². The molecule has 24 heavy (non-hydrogen) atoms. The van der Waals surface area contributed by atoms with Crippen molar-refractivity contribution < 1.29 is 17.9 Å². The number of amides is 1. The van der Waals surface area contributed by atoms with E-state index in [1.54, 1.807) is 24.3 Å². The van der Waals surface area contributed by atoms with Gasteiger partial charge in [0.05, 0.1) is 6.61 Å². The Bertz CT molecular complexity index is 627. The molecule has 0 spiro atoms. The molecule has 1 aromatic rings. The Morgan fingerprint density at radius 1 is 1.29 bits per heavy atom. The van der Waals surface area contributed by atoms with Gasteiger partial charge in [-0.1, -0.05) is 0 Å². The molecule has 10 heteroatoms. The van der Waals surface area contributed by atoms with Crippen molar-refractivity contribution in [2.45, 2.75) is 4.90 Å². The molecule has 2 heterocycles. The van der Waals surface area contributed by atoms with Crippen molar-refractivity contribution >= 4 is 39.0 Å². The highest BCUT2D eigenvalue weighted by molar-refractivity contribution is 7.99. The fourth-order valence-corrected chi connectivity index (χ4v) is 6.13. The maximum atomic E-state index is 12.7. The van der Waals surface area contributed by atoms with Gasteiger partial charge in [0.25, 0.3) is 5.91 Å². The van der Waals surface area contributed by atoms with Gasteiger partial charge in [-0.25, -0.2) is 8.42 Å². The van der Waals surface area contributed by atoms with Crippen LogP contribution in [0.3, 0.4) is 0 Å². The van der Waals surface area contributed by atoms with E-state index in [4.69, 9.17) is 4.74 Å². The van der Waals surface area contributed by atoms with E-state index in [-0.39, 0.29) is 15.7 Å². The topological polar surface area (TPSA) is 87.7 Å². The van der Waals surface area contributed by atoms with Crippen LogP contribution in [-0.4, -0.2) is 76.6 Å². The van der Waals surface area contributed by atoms with Crippen LogP contribution in [0.1, 0.15) is 9.67 Å². The van der Waals surface area contributed by atoms with Gasteiger partial charge in [0.15, 0.2) is 0 Å². The van der Waals surface area contributed by atoms with Crippen molar-refractivity contribution in [3.05, 3.63) is 16.3 Å². The normalized spacial score (nSPS) is 16.2. The van der Waals surface area contributed by atoms with E-state index >= 15 is 0 Å². The first kappa shape index (κ1) is 19.7. The maximum Gasteiger partial charge on any atom is 0.262 e. The predicted molar refractivity (Wildman–Crippen MR) is 97.5 cm³/mol. The second-order valence-corrected chi connectivity index (χ2v) is 9.18. The second-order valence-electron chi connectivity index (χ2n) is 5.13. The zero-order valence-electron chi connectivity index (χ0n) is 13.6. The summed E-state index contributed by atoms with van der Waals surface area (Å²) in [5.41, 5.74) is 0. The van der Waals surface area contributed by atoms with Gasteiger partial charge in [-0.15, -0.1) is 11.3 Å². The summed E-state index contributed by atoms with van der Waals surface area (Å²) in [4.78, 5) is 12.7. The van der Waals surface area contributed by atoms with Gasteiger partial charge < -0.3 is 15.4 Å². The molecule has 0 saturated carbocycles. The number of hydrogen-bond acceptors (Lipinski definition) is 7. The van der Waals surface area contributed by atoms with Crippen LogP contribution in [0.15, 0.2) is 16.3 Å². The summed E-state index contributed by atoms with van der Waals surface area (Å²) in [6.07, 6.45) is 0. The van der Waals surface area contributed by atoms with Gasteiger partial charge in [0.2, 0.25) is 10.0 Å². The number of carbonyl (C=O) groups is 1. The molecule has 2 rings (SSSR count). The monoisotopic (exact) mass is 393 g/mol. The number of rotatable bonds is 9. The van der Waals surface area contributed by atoms with Gasteiger partial charge >= 0.3 is 0 Å². The zero-order valence-corrected chi connectivity index (χ0v) is 16.1. The van der Waals surface area contributed by atoms with Crippen LogP contribution in [0.25, 0.3) is 0 Å². The predicted octanol–water partition coefficient (Wildman–Crippen LogP) is 0.451. The van der Waals surface area contributed by atoms with Crippen molar-refractivity contribution in [2.75, 3.05) is 57.9 Å². The fraction of sp³-hybridized carbons (Fsp3) is 0.643. The largest absolute Gasteiger partial charge is 0.383 e. The third-order valence-electron chi connectivity index (χ3n) is 3.49. The molecule has 7 nitrogen and oxygen atoms in total. The smallest absolute Gasteiger partial charge is 0.262 e. The first-order valence-electron chi connectivity index (χ1n) is 7.70. The highest BCUT2D eigenvalue weighted by Gasteiger charge is 2.30. The Hall–Kier alpha value is -0.650. The summed E-state index contributed by atoms with van der Waals surface area (Å²) >= 11 is 2.90. The first-order chi connectivity index (χ1) is 11.6. The minimum Gasteiger partial charge on any atom is -0.383 e. The molecule has 1 aliphatic heterocycles. The Morgan fingerprint density at radius 3 is 2.75 bits per heavy atom. The lowest BCUT2D eigenvalue weighted by atomic mass is 10.4. The third-order valence-corrected chi connectivity index (χ3v) is 7.42. The third kappa shape index (κ3) is 5.17. The molecular formula is C14H23N3O4S3.